The van der Waals surface area contributed by atoms with E-state index in [1.54, 1.807) is 12.4 Å². The molecule has 0 bridgehead atoms. The Bertz CT molecular complexity index is 456. The molecule has 0 spiro atoms. The van der Waals surface area contributed by atoms with E-state index >= 15 is 0 Å². The van der Waals surface area contributed by atoms with Gasteiger partial charge in [-0.05, 0) is 6.07 Å². The lowest BCUT2D eigenvalue weighted by molar-refractivity contribution is -0.110. The number of pyridine rings is 1. The molecule has 0 aliphatic carbocycles. The van der Waals surface area contributed by atoms with Crippen molar-refractivity contribution >= 4 is 27.4 Å². The minimum Gasteiger partial charge on any atom is -0.359 e. The maximum atomic E-state index is 11.5. The molecule has 16 heavy (non-hydrogen) atoms. The third-order valence-electron chi connectivity index (χ3n) is 2.24. The standard InChI is InChI=1S/C11H10BrN3O/c1-7-10(9(16)5-12)15-11(14-7)8-3-2-4-13-6-8/h2-4,6,11,14H,1,5H2. The van der Waals surface area contributed by atoms with Gasteiger partial charge in [0.1, 0.15) is 11.9 Å². The Morgan fingerprint density at radius 2 is 2.44 bits per heavy atom. The fourth-order valence-electron chi connectivity index (χ4n) is 1.47. The number of alkyl halides is 1. The molecule has 0 aromatic carbocycles. The van der Waals surface area contributed by atoms with E-state index in [1.807, 2.05) is 12.1 Å². The topological polar surface area (TPSA) is 54.4 Å². The van der Waals surface area contributed by atoms with Gasteiger partial charge in [0.05, 0.1) is 11.0 Å². The largest absolute Gasteiger partial charge is 0.359 e. The number of nitrogens with zero attached hydrogens (tertiary/aromatic N) is 2. The van der Waals surface area contributed by atoms with Crippen LogP contribution in [0.1, 0.15) is 11.7 Å². The van der Waals surface area contributed by atoms with Gasteiger partial charge in [-0.3, -0.25) is 9.78 Å². The molecule has 0 saturated carbocycles. The Balaban J connectivity index is 2.26. The number of hydrogen-bond donors (Lipinski definition) is 1. The number of aromatic nitrogens is 1. The lowest BCUT2D eigenvalue weighted by Crippen LogP contribution is -2.19. The summed E-state index contributed by atoms with van der Waals surface area (Å²) in [5.41, 5.74) is 1.89. The van der Waals surface area contributed by atoms with Gasteiger partial charge in [0, 0.05) is 18.0 Å². The van der Waals surface area contributed by atoms with Crippen LogP contribution in [0.25, 0.3) is 0 Å². The third kappa shape index (κ3) is 2.04. The van der Waals surface area contributed by atoms with E-state index in [-0.39, 0.29) is 17.3 Å². The Hall–Kier alpha value is -1.49. The Labute approximate surface area is 102 Å². The van der Waals surface area contributed by atoms with Gasteiger partial charge in [-0.15, -0.1) is 0 Å². The molecule has 1 atom stereocenters. The van der Waals surface area contributed by atoms with E-state index in [0.29, 0.717) is 11.4 Å². The summed E-state index contributed by atoms with van der Waals surface area (Å²) in [6.07, 6.45) is 3.16. The molecule has 1 aliphatic heterocycles. The van der Waals surface area contributed by atoms with Gasteiger partial charge in [0.25, 0.3) is 0 Å². The average Bonchev–Trinajstić information content (AvgIpc) is 2.71. The van der Waals surface area contributed by atoms with Crippen molar-refractivity contribution in [3.63, 3.8) is 0 Å². The first kappa shape index (κ1) is 11.0. The van der Waals surface area contributed by atoms with Crippen LogP contribution in [-0.2, 0) is 4.79 Å². The predicted molar refractivity (Wildman–Crippen MR) is 65.5 cm³/mol. The maximum Gasteiger partial charge on any atom is 0.193 e. The van der Waals surface area contributed by atoms with Gasteiger partial charge in [-0.25, -0.2) is 4.99 Å². The average molecular weight is 280 g/mol. The van der Waals surface area contributed by atoms with Crippen molar-refractivity contribution in [2.45, 2.75) is 6.17 Å². The zero-order chi connectivity index (χ0) is 11.5. The van der Waals surface area contributed by atoms with Crippen LogP contribution < -0.4 is 5.32 Å². The minimum atomic E-state index is -0.251. The van der Waals surface area contributed by atoms with Crippen molar-refractivity contribution in [2.24, 2.45) is 4.99 Å². The minimum absolute atomic E-state index is 0.0658. The van der Waals surface area contributed by atoms with E-state index in [2.05, 4.69) is 37.8 Å². The summed E-state index contributed by atoms with van der Waals surface area (Å²) in [6.45, 7) is 3.78. The predicted octanol–water partition coefficient (Wildman–Crippen LogP) is 1.60. The van der Waals surface area contributed by atoms with Crippen LogP contribution in [0.5, 0.6) is 0 Å². The van der Waals surface area contributed by atoms with Crippen LogP contribution >= 0.6 is 15.9 Å². The molecule has 2 rings (SSSR count). The zero-order valence-electron chi connectivity index (χ0n) is 8.48. The van der Waals surface area contributed by atoms with E-state index in [0.717, 1.165) is 5.56 Å². The van der Waals surface area contributed by atoms with Crippen molar-refractivity contribution in [3.8, 4) is 0 Å². The molecule has 1 aliphatic rings. The summed E-state index contributed by atoms with van der Waals surface area (Å²) in [5.74, 6) is -0.0658. The van der Waals surface area contributed by atoms with Crippen molar-refractivity contribution < 1.29 is 4.79 Å². The van der Waals surface area contributed by atoms with E-state index < -0.39 is 0 Å². The van der Waals surface area contributed by atoms with Crippen LogP contribution in [0.15, 0.2) is 41.8 Å². The monoisotopic (exact) mass is 279 g/mol. The molecule has 1 aromatic rings. The van der Waals surface area contributed by atoms with Gasteiger partial charge >= 0.3 is 0 Å². The second kappa shape index (κ2) is 4.57. The highest BCUT2D eigenvalue weighted by Gasteiger charge is 2.25. The summed E-state index contributed by atoms with van der Waals surface area (Å²) in [7, 11) is 0. The first-order valence-electron chi connectivity index (χ1n) is 4.75. The lowest BCUT2D eigenvalue weighted by atomic mass is 10.2. The summed E-state index contributed by atoms with van der Waals surface area (Å²) in [5, 5.41) is 3.31. The molecule has 0 radical (unpaired) electrons. The smallest absolute Gasteiger partial charge is 0.193 e. The van der Waals surface area contributed by atoms with Crippen LogP contribution in [0, 0.1) is 0 Å². The first-order valence-corrected chi connectivity index (χ1v) is 5.87. The van der Waals surface area contributed by atoms with E-state index in [9.17, 15) is 4.79 Å². The Morgan fingerprint density at radius 1 is 1.62 bits per heavy atom. The molecular weight excluding hydrogens is 270 g/mol. The number of carbonyl (C=O) groups is 1. The maximum absolute atomic E-state index is 11.5. The van der Waals surface area contributed by atoms with Crippen LogP contribution in [0.4, 0.5) is 0 Å². The van der Waals surface area contributed by atoms with Crippen molar-refractivity contribution in [2.75, 3.05) is 5.33 Å². The lowest BCUT2D eigenvalue weighted by Gasteiger charge is -2.07. The molecule has 82 valence electrons. The molecule has 1 aromatic heterocycles. The molecule has 4 nitrogen and oxygen atoms in total. The highest BCUT2D eigenvalue weighted by Crippen LogP contribution is 2.21. The van der Waals surface area contributed by atoms with Gasteiger partial charge in [-0.2, -0.15) is 0 Å². The molecule has 0 saturated heterocycles. The zero-order valence-corrected chi connectivity index (χ0v) is 10.1. The molecule has 2 heterocycles. The number of rotatable bonds is 3. The van der Waals surface area contributed by atoms with Crippen LogP contribution in [0.3, 0.4) is 0 Å². The molecule has 5 heteroatoms. The fourth-order valence-corrected chi connectivity index (χ4v) is 1.74. The molecular formula is C11H10BrN3O. The molecule has 0 fully saturated rings. The van der Waals surface area contributed by atoms with Crippen molar-refractivity contribution in [3.05, 3.63) is 42.4 Å². The Kier molecular flexibility index (Phi) is 3.14. The summed E-state index contributed by atoms with van der Waals surface area (Å²) >= 11 is 3.12. The van der Waals surface area contributed by atoms with Gasteiger partial charge in [0.2, 0.25) is 0 Å². The van der Waals surface area contributed by atoms with Gasteiger partial charge < -0.3 is 5.32 Å². The Morgan fingerprint density at radius 3 is 3.06 bits per heavy atom. The first-order chi connectivity index (χ1) is 7.72. The van der Waals surface area contributed by atoms with Gasteiger partial charge in [0.15, 0.2) is 5.78 Å². The van der Waals surface area contributed by atoms with Crippen molar-refractivity contribution in [1.82, 2.24) is 10.3 Å². The third-order valence-corrected chi connectivity index (χ3v) is 2.75. The number of ketones is 1. The number of aliphatic imine (C=N–C) groups is 1. The second-order valence-electron chi connectivity index (χ2n) is 3.35. The van der Waals surface area contributed by atoms with Crippen LogP contribution in [-0.4, -0.2) is 21.8 Å². The number of nitrogens with one attached hydrogen (secondary N) is 1. The molecule has 1 unspecified atom stereocenters. The number of carbonyl (C=O) groups excluding carboxylic acids is 1. The van der Waals surface area contributed by atoms with E-state index in [4.69, 9.17) is 0 Å². The van der Waals surface area contributed by atoms with Crippen LogP contribution in [0.2, 0.25) is 0 Å². The SMILES string of the molecule is C=C1NC(c2cccnc2)N=C1C(=O)CBr. The number of allylic oxidation sites excluding steroid dienone is 1. The fraction of sp³-hybridized carbons (Fsp3) is 0.182. The second-order valence-corrected chi connectivity index (χ2v) is 3.91. The molecule has 1 N–H and O–H groups in total. The summed E-state index contributed by atoms with van der Waals surface area (Å²) in [6, 6.07) is 3.74. The number of Topliss-reactive ketones (excluding diaryl/α,β-unsaturated/α-hetero) is 1. The highest BCUT2D eigenvalue weighted by atomic mass is 79.9. The van der Waals surface area contributed by atoms with Crippen molar-refractivity contribution in [1.29, 1.82) is 0 Å². The molecule has 0 amide bonds. The summed E-state index contributed by atoms with van der Waals surface area (Å²) < 4.78 is 0. The van der Waals surface area contributed by atoms with E-state index in [1.165, 1.54) is 0 Å². The van der Waals surface area contributed by atoms with Gasteiger partial charge in [-0.1, -0.05) is 28.6 Å². The normalized spacial score (nSPS) is 19.2. The quantitative estimate of drug-likeness (QED) is 0.856. The highest BCUT2D eigenvalue weighted by molar-refractivity contribution is 9.09. The number of hydrogen-bond acceptors (Lipinski definition) is 4. The number of halogens is 1. The summed E-state index contributed by atoms with van der Waals surface area (Å²) in [4.78, 5) is 19.8.